The maximum absolute atomic E-state index is 5.10. The SMILES string of the molecule is C=CCON(C)C(=S)SC. The van der Waals surface area contributed by atoms with E-state index in [0.29, 0.717) is 6.61 Å². The van der Waals surface area contributed by atoms with Gasteiger partial charge in [-0.2, -0.15) is 0 Å². The molecule has 0 atom stereocenters. The minimum absolute atomic E-state index is 0.497. The third kappa shape index (κ3) is 3.87. The first-order valence-corrected chi connectivity index (χ1v) is 4.41. The largest absolute Gasteiger partial charge is 0.268 e. The molecule has 0 aromatic rings. The van der Waals surface area contributed by atoms with Crippen molar-refractivity contribution in [3.63, 3.8) is 0 Å². The fraction of sp³-hybridized carbons (Fsp3) is 0.500. The molecule has 10 heavy (non-hydrogen) atoms. The molecule has 0 spiro atoms. The minimum atomic E-state index is 0.497. The molecule has 0 aliphatic carbocycles. The molecule has 0 amide bonds. The fourth-order valence-electron chi connectivity index (χ4n) is 0.346. The van der Waals surface area contributed by atoms with Crippen molar-refractivity contribution in [2.45, 2.75) is 0 Å². The molecule has 0 N–H and O–H groups in total. The molecule has 0 rings (SSSR count). The van der Waals surface area contributed by atoms with Crippen LogP contribution in [0.3, 0.4) is 0 Å². The van der Waals surface area contributed by atoms with Crippen molar-refractivity contribution < 1.29 is 4.84 Å². The molecule has 2 nitrogen and oxygen atoms in total. The Kier molecular flexibility index (Phi) is 5.67. The van der Waals surface area contributed by atoms with Crippen LogP contribution in [-0.4, -0.2) is 29.3 Å². The second-order valence-corrected chi connectivity index (χ2v) is 2.99. The van der Waals surface area contributed by atoms with Gasteiger partial charge in [-0.25, -0.2) is 5.06 Å². The van der Waals surface area contributed by atoms with E-state index in [4.69, 9.17) is 17.1 Å². The van der Waals surface area contributed by atoms with Gasteiger partial charge in [0.1, 0.15) is 0 Å². The maximum atomic E-state index is 5.10. The van der Waals surface area contributed by atoms with Crippen LogP contribution in [-0.2, 0) is 4.84 Å². The molecule has 58 valence electrons. The molecule has 0 aliphatic heterocycles. The summed E-state index contributed by atoms with van der Waals surface area (Å²) in [6, 6.07) is 0. The average molecular weight is 177 g/mol. The summed E-state index contributed by atoms with van der Waals surface area (Å²) in [7, 11) is 1.78. The normalized spacial score (nSPS) is 9.00. The molecule has 0 radical (unpaired) electrons. The van der Waals surface area contributed by atoms with E-state index in [9.17, 15) is 0 Å². The van der Waals surface area contributed by atoms with Gasteiger partial charge in [-0.1, -0.05) is 30.1 Å². The lowest BCUT2D eigenvalue weighted by Gasteiger charge is -2.15. The van der Waals surface area contributed by atoms with Crippen molar-refractivity contribution in [2.24, 2.45) is 0 Å². The van der Waals surface area contributed by atoms with Gasteiger partial charge in [-0.3, -0.25) is 4.84 Å². The third-order valence-corrected chi connectivity index (χ3v) is 2.18. The predicted molar refractivity (Wildman–Crippen MR) is 50.0 cm³/mol. The van der Waals surface area contributed by atoms with E-state index in [-0.39, 0.29) is 0 Å². The molecule has 0 unspecified atom stereocenters. The number of hydroxylamine groups is 2. The molecule has 0 aromatic heterocycles. The highest BCUT2D eigenvalue weighted by Crippen LogP contribution is 2.02. The first kappa shape index (κ1) is 9.94. The number of thioether (sulfide) groups is 1. The van der Waals surface area contributed by atoms with Crippen LogP contribution in [0.5, 0.6) is 0 Å². The summed E-state index contributed by atoms with van der Waals surface area (Å²) in [6.07, 6.45) is 3.59. The fourth-order valence-corrected chi connectivity index (χ4v) is 0.708. The van der Waals surface area contributed by atoms with E-state index in [1.807, 2.05) is 6.26 Å². The van der Waals surface area contributed by atoms with Crippen molar-refractivity contribution in [3.8, 4) is 0 Å². The quantitative estimate of drug-likeness (QED) is 0.369. The zero-order valence-electron chi connectivity index (χ0n) is 6.16. The number of thiocarbonyl (C=S) groups is 1. The van der Waals surface area contributed by atoms with Gasteiger partial charge in [-0.05, 0) is 6.26 Å². The van der Waals surface area contributed by atoms with Gasteiger partial charge in [0.25, 0.3) is 0 Å². The Morgan fingerprint density at radius 2 is 2.50 bits per heavy atom. The first-order valence-electron chi connectivity index (χ1n) is 2.78. The van der Waals surface area contributed by atoms with Crippen molar-refractivity contribution in [1.82, 2.24) is 5.06 Å². The molecule has 0 heterocycles. The van der Waals surface area contributed by atoms with Crippen LogP contribution in [0, 0.1) is 0 Å². The Morgan fingerprint density at radius 3 is 2.90 bits per heavy atom. The molecule has 0 saturated carbocycles. The number of hydrogen-bond acceptors (Lipinski definition) is 3. The summed E-state index contributed by atoms with van der Waals surface area (Å²) >= 11 is 6.40. The monoisotopic (exact) mass is 177 g/mol. The van der Waals surface area contributed by atoms with Crippen molar-refractivity contribution >= 4 is 28.3 Å². The van der Waals surface area contributed by atoms with Gasteiger partial charge >= 0.3 is 0 Å². The zero-order valence-corrected chi connectivity index (χ0v) is 7.80. The topological polar surface area (TPSA) is 12.5 Å². The van der Waals surface area contributed by atoms with Crippen LogP contribution in [0.2, 0.25) is 0 Å². The molecule has 4 heteroatoms. The molecule has 0 aliphatic rings. The highest BCUT2D eigenvalue weighted by molar-refractivity contribution is 8.22. The molecule has 0 aromatic carbocycles. The molecular weight excluding hydrogens is 166 g/mol. The van der Waals surface area contributed by atoms with Gasteiger partial charge in [0.05, 0.1) is 6.61 Å². The van der Waals surface area contributed by atoms with E-state index in [1.54, 1.807) is 18.2 Å². The van der Waals surface area contributed by atoms with Crippen LogP contribution in [0.15, 0.2) is 12.7 Å². The van der Waals surface area contributed by atoms with E-state index < -0.39 is 0 Å². The van der Waals surface area contributed by atoms with Crippen molar-refractivity contribution in [1.29, 1.82) is 0 Å². The summed E-state index contributed by atoms with van der Waals surface area (Å²) in [6.45, 7) is 4.01. The Bertz CT molecular complexity index is 127. The van der Waals surface area contributed by atoms with Crippen LogP contribution in [0.1, 0.15) is 0 Å². The maximum Gasteiger partial charge on any atom is 0.159 e. The third-order valence-electron chi connectivity index (χ3n) is 0.818. The van der Waals surface area contributed by atoms with Crippen LogP contribution >= 0.6 is 24.0 Å². The molecule has 0 saturated heterocycles. The Morgan fingerprint density at radius 1 is 1.90 bits per heavy atom. The van der Waals surface area contributed by atoms with Crippen LogP contribution < -0.4 is 0 Å². The molecular formula is C6H11NOS2. The first-order chi connectivity index (χ1) is 4.72. The van der Waals surface area contributed by atoms with Gasteiger partial charge in [0.2, 0.25) is 0 Å². The van der Waals surface area contributed by atoms with Gasteiger partial charge in [0, 0.05) is 7.05 Å². The number of rotatable bonds is 3. The Hall–Kier alpha value is -0.0600. The summed E-state index contributed by atoms with van der Waals surface area (Å²) in [4.78, 5) is 5.10. The number of nitrogens with zero attached hydrogens (tertiary/aromatic N) is 1. The molecule has 0 bridgehead atoms. The van der Waals surface area contributed by atoms with Gasteiger partial charge in [-0.15, -0.1) is 6.58 Å². The summed E-state index contributed by atoms with van der Waals surface area (Å²) in [5.41, 5.74) is 0. The van der Waals surface area contributed by atoms with Crippen molar-refractivity contribution in [3.05, 3.63) is 12.7 Å². The number of hydrogen-bond donors (Lipinski definition) is 0. The van der Waals surface area contributed by atoms with E-state index in [0.717, 1.165) is 4.32 Å². The van der Waals surface area contributed by atoms with E-state index in [1.165, 1.54) is 11.8 Å². The lowest BCUT2D eigenvalue weighted by molar-refractivity contribution is -0.0587. The van der Waals surface area contributed by atoms with Gasteiger partial charge < -0.3 is 0 Å². The highest BCUT2D eigenvalue weighted by atomic mass is 32.2. The minimum Gasteiger partial charge on any atom is -0.268 e. The van der Waals surface area contributed by atoms with E-state index in [2.05, 4.69) is 6.58 Å². The van der Waals surface area contributed by atoms with Crippen molar-refractivity contribution in [2.75, 3.05) is 19.9 Å². The Balaban J connectivity index is 3.50. The highest BCUT2D eigenvalue weighted by Gasteiger charge is 1.99. The second kappa shape index (κ2) is 5.70. The summed E-state index contributed by atoms with van der Waals surface area (Å²) < 4.78 is 0.724. The zero-order chi connectivity index (χ0) is 7.98. The van der Waals surface area contributed by atoms with E-state index >= 15 is 0 Å². The average Bonchev–Trinajstić information content (AvgIpc) is 1.98. The van der Waals surface area contributed by atoms with Crippen LogP contribution in [0.25, 0.3) is 0 Å². The predicted octanol–water partition coefficient (Wildman–Crippen LogP) is 1.68. The van der Waals surface area contributed by atoms with Gasteiger partial charge in [0.15, 0.2) is 4.32 Å². The summed E-state index contributed by atoms with van der Waals surface area (Å²) in [5.74, 6) is 0. The lowest BCUT2D eigenvalue weighted by atomic mass is 10.7. The second-order valence-electron chi connectivity index (χ2n) is 1.55. The smallest absolute Gasteiger partial charge is 0.159 e. The molecule has 0 fully saturated rings. The van der Waals surface area contributed by atoms with Crippen LogP contribution in [0.4, 0.5) is 0 Å². The lowest BCUT2D eigenvalue weighted by Crippen LogP contribution is -2.22. The summed E-state index contributed by atoms with van der Waals surface area (Å²) in [5, 5.41) is 1.56. The Labute approximate surface area is 71.2 Å². The standard InChI is InChI=1S/C6H11NOS2/c1-4-5-8-7(2)6(9)10-3/h4H,1,5H2,2-3H3.